The van der Waals surface area contributed by atoms with Gasteiger partial charge in [-0.25, -0.2) is 13.4 Å². The van der Waals surface area contributed by atoms with Crippen LogP contribution in [0, 0.1) is 11.3 Å². The van der Waals surface area contributed by atoms with Crippen molar-refractivity contribution < 1.29 is 13.2 Å². The van der Waals surface area contributed by atoms with Crippen molar-refractivity contribution in [3.05, 3.63) is 120 Å². The van der Waals surface area contributed by atoms with Crippen LogP contribution < -0.4 is 5.32 Å². The number of aromatic nitrogens is 2. The Morgan fingerprint density at radius 3 is 2.12 bits per heavy atom. The first-order valence-corrected chi connectivity index (χ1v) is 14.9. The molecule has 1 N–H and O–H groups in total. The van der Waals surface area contributed by atoms with E-state index in [1.807, 2.05) is 41.0 Å². The molecule has 1 amide bonds. The third kappa shape index (κ3) is 8.59. The van der Waals surface area contributed by atoms with Gasteiger partial charge in [-0.15, -0.1) is 0 Å². The Morgan fingerprint density at radius 1 is 0.854 bits per heavy atom. The van der Waals surface area contributed by atoms with Crippen LogP contribution in [0.3, 0.4) is 0 Å². The van der Waals surface area contributed by atoms with Crippen LogP contribution in [0.1, 0.15) is 22.4 Å². The molecule has 212 valence electrons. The summed E-state index contributed by atoms with van der Waals surface area (Å²) in [5, 5.41) is 11.4. The first-order chi connectivity index (χ1) is 20.0. The molecule has 1 aliphatic rings. The van der Waals surface area contributed by atoms with Crippen LogP contribution in [0.25, 0.3) is 0 Å². The van der Waals surface area contributed by atoms with Crippen molar-refractivity contribution in [2.24, 2.45) is 0 Å². The van der Waals surface area contributed by atoms with Gasteiger partial charge in [0.25, 0.3) is 0 Å². The summed E-state index contributed by atoms with van der Waals surface area (Å²) in [6.07, 6.45) is 5.01. The second-order valence-electron chi connectivity index (χ2n) is 9.62. The predicted octanol–water partition coefficient (Wildman–Crippen LogP) is 3.28. The molecule has 0 radical (unpaired) electrons. The lowest BCUT2D eigenvalue weighted by atomic mass is 10.1. The Bertz CT molecular complexity index is 1510. The number of carbonyl (C=O) groups excluding carboxylic acids is 1. The highest BCUT2D eigenvalue weighted by Crippen LogP contribution is 2.18. The highest BCUT2D eigenvalue weighted by Gasteiger charge is 2.28. The van der Waals surface area contributed by atoms with Gasteiger partial charge in [0.05, 0.1) is 22.9 Å². The molecule has 0 bridgehead atoms. The molecule has 9 nitrogen and oxygen atoms in total. The zero-order valence-corrected chi connectivity index (χ0v) is 23.7. The number of benzene rings is 3. The van der Waals surface area contributed by atoms with Crippen LogP contribution in [0.5, 0.6) is 0 Å². The molecule has 1 aromatic heterocycles. The lowest BCUT2D eigenvalue weighted by Gasteiger charge is -2.34. The van der Waals surface area contributed by atoms with E-state index in [0.717, 1.165) is 37.3 Å². The number of carbonyl (C=O) groups is 1. The first-order valence-electron chi connectivity index (χ1n) is 13.5. The lowest BCUT2D eigenvalue weighted by Crippen LogP contribution is -2.48. The van der Waals surface area contributed by atoms with Crippen molar-refractivity contribution in [3.8, 4) is 6.07 Å². The van der Waals surface area contributed by atoms with Gasteiger partial charge in [-0.05, 0) is 35.4 Å². The Balaban J connectivity index is 0.000000191. The first kappa shape index (κ1) is 29.7. The normalized spacial score (nSPS) is 13.9. The highest BCUT2D eigenvalue weighted by molar-refractivity contribution is 7.89. The zero-order chi connectivity index (χ0) is 28.9. The number of hydrogen-bond acceptors (Lipinski definition) is 6. The molecular weight excluding hydrogens is 536 g/mol. The number of amides is 1. The van der Waals surface area contributed by atoms with Crippen molar-refractivity contribution in [2.75, 3.05) is 32.7 Å². The molecule has 10 heteroatoms. The van der Waals surface area contributed by atoms with E-state index in [-0.39, 0.29) is 0 Å². The van der Waals surface area contributed by atoms with Crippen LogP contribution in [0.4, 0.5) is 0 Å². The van der Waals surface area contributed by atoms with E-state index in [1.54, 1.807) is 53.2 Å². The third-order valence-corrected chi connectivity index (χ3v) is 8.72. The van der Waals surface area contributed by atoms with Crippen molar-refractivity contribution in [3.63, 3.8) is 0 Å². The van der Waals surface area contributed by atoms with E-state index >= 15 is 0 Å². The minimum atomic E-state index is -3.35. The van der Waals surface area contributed by atoms with Crippen LogP contribution in [0.2, 0.25) is 0 Å². The molecule has 0 saturated carbocycles. The van der Waals surface area contributed by atoms with Crippen molar-refractivity contribution in [1.29, 1.82) is 5.26 Å². The summed E-state index contributed by atoms with van der Waals surface area (Å²) in [4.78, 5) is 17.0. The van der Waals surface area contributed by atoms with Crippen LogP contribution in [-0.4, -0.2) is 66.3 Å². The van der Waals surface area contributed by atoms with Crippen LogP contribution in [0.15, 0.2) is 102 Å². The minimum Gasteiger partial charge on any atom is -0.358 e. The molecule has 1 aliphatic heterocycles. The smallest absolute Gasteiger partial charge is 0.243 e. The van der Waals surface area contributed by atoms with Gasteiger partial charge in [-0.1, -0.05) is 60.7 Å². The number of nitrogens with zero attached hydrogens (tertiary/aromatic N) is 5. The molecule has 4 aromatic rings. The molecule has 0 atom stereocenters. The fourth-order valence-electron chi connectivity index (χ4n) is 4.55. The molecule has 0 unspecified atom stereocenters. The number of piperazine rings is 1. The molecule has 2 heterocycles. The van der Waals surface area contributed by atoms with Gasteiger partial charge in [0.15, 0.2) is 0 Å². The van der Waals surface area contributed by atoms with Crippen molar-refractivity contribution in [1.82, 2.24) is 24.1 Å². The van der Waals surface area contributed by atoms with Gasteiger partial charge in [0, 0.05) is 64.1 Å². The average Bonchev–Trinajstić information content (AvgIpc) is 3.46. The van der Waals surface area contributed by atoms with E-state index in [0.29, 0.717) is 43.0 Å². The molecule has 41 heavy (non-hydrogen) atoms. The quantitative estimate of drug-likeness (QED) is 0.231. The summed E-state index contributed by atoms with van der Waals surface area (Å²) in [5.41, 5.74) is 4.10. The maximum absolute atomic E-state index is 12.6. The number of sulfonamides is 1. The van der Waals surface area contributed by atoms with Crippen molar-refractivity contribution >= 4 is 16.4 Å². The summed E-state index contributed by atoms with van der Waals surface area (Å²) in [6.45, 7) is 4.81. The standard InChI is InChI=1S/C17H20N2O2S.C14H14N4O/c20-22(21,17-9-5-2-6-10-17)19-13-11-18(12-14-19)15-16-7-3-1-4-8-16;15-7-12-1-3-13(4-2-12)9-18-10-17-8-14(18)5-6-16-11-19/h1-10H,11-15H2;1-4,8,10-11H,5-6,9H2,(H,16,19). The fraction of sp³-hybridized carbons (Fsp3) is 0.258. The van der Waals surface area contributed by atoms with Gasteiger partial charge >= 0.3 is 0 Å². The Kier molecular flexibility index (Phi) is 10.8. The van der Waals surface area contributed by atoms with E-state index < -0.39 is 10.0 Å². The second kappa shape index (κ2) is 14.9. The predicted molar refractivity (Wildman–Crippen MR) is 157 cm³/mol. The Hall–Kier alpha value is -4.30. The number of hydrogen-bond donors (Lipinski definition) is 1. The van der Waals surface area contributed by atoms with Gasteiger partial charge in [-0.2, -0.15) is 9.57 Å². The van der Waals surface area contributed by atoms with Gasteiger partial charge in [-0.3, -0.25) is 9.69 Å². The monoisotopic (exact) mass is 570 g/mol. The fourth-order valence-corrected chi connectivity index (χ4v) is 5.99. The topological polar surface area (TPSA) is 111 Å². The average molecular weight is 571 g/mol. The molecule has 1 saturated heterocycles. The van der Waals surface area contributed by atoms with Crippen LogP contribution in [-0.2, 0) is 34.3 Å². The number of nitrogens with one attached hydrogen (secondary N) is 1. The van der Waals surface area contributed by atoms with Crippen molar-refractivity contribution in [2.45, 2.75) is 24.4 Å². The van der Waals surface area contributed by atoms with Gasteiger partial charge in [0.2, 0.25) is 16.4 Å². The van der Waals surface area contributed by atoms with E-state index in [1.165, 1.54) is 5.56 Å². The van der Waals surface area contributed by atoms with E-state index in [2.05, 4.69) is 33.4 Å². The van der Waals surface area contributed by atoms with E-state index in [9.17, 15) is 13.2 Å². The molecule has 0 aliphatic carbocycles. The van der Waals surface area contributed by atoms with Crippen LogP contribution >= 0.6 is 0 Å². The minimum absolute atomic E-state index is 0.381. The summed E-state index contributed by atoms with van der Waals surface area (Å²) in [6, 6.07) is 28.5. The lowest BCUT2D eigenvalue weighted by molar-refractivity contribution is -0.109. The summed E-state index contributed by atoms with van der Waals surface area (Å²) < 4.78 is 28.7. The molecule has 0 spiro atoms. The second-order valence-corrected chi connectivity index (χ2v) is 11.6. The Labute approximate surface area is 241 Å². The number of rotatable bonds is 10. The zero-order valence-electron chi connectivity index (χ0n) is 22.8. The summed E-state index contributed by atoms with van der Waals surface area (Å²) in [5.74, 6) is 0. The molecule has 3 aromatic carbocycles. The maximum atomic E-state index is 12.6. The Morgan fingerprint density at radius 2 is 1.49 bits per heavy atom. The SMILES string of the molecule is N#Cc1ccc(Cn2cncc2CCNC=O)cc1.O=S(=O)(c1ccccc1)N1CCN(Cc2ccccc2)CC1. The third-order valence-electron chi connectivity index (χ3n) is 6.80. The summed E-state index contributed by atoms with van der Waals surface area (Å²) >= 11 is 0. The molecular formula is C31H34N6O3S. The van der Waals surface area contributed by atoms with Gasteiger partial charge in [0.1, 0.15) is 0 Å². The van der Waals surface area contributed by atoms with E-state index in [4.69, 9.17) is 5.26 Å². The maximum Gasteiger partial charge on any atom is 0.243 e. The molecule has 1 fully saturated rings. The van der Waals surface area contributed by atoms with Gasteiger partial charge < -0.3 is 9.88 Å². The number of nitriles is 1. The summed E-state index contributed by atoms with van der Waals surface area (Å²) in [7, 11) is -3.35. The largest absolute Gasteiger partial charge is 0.358 e. The number of imidazole rings is 1. The molecule has 5 rings (SSSR count). The highest BCUT2D eigenvalue weighted by atomic mass is 32.2.